The highest BCUT2D eigenvalue weighted by Gasteiger charge is 2.10. The standard InChI is InChI=1S/C12H22O2/c1-4-6-7-8-9-10-14-12(13)11(3)5-2/h7-8,11H,4-6,9-10H2,1-3H3. The van der Waals surface area contributed by atoms with E-state index in [9.17, 15) is 4.79 Å². The van der Waals surface area contributed by atoms with Crippen LogP contribution >= 0.6 is 0 Å². The Morgan fingerprint density at radius 1 is 1.29 bits per heavy atom. The van der Waals surface area contributed by atoms with E-state index in [2.05, 4.69) is 19.1 Å². The number of carbonyl (C=O) groups excluding carboxylic acids is 1. The third-order valence-electron chi connectivity index (χ3n) is 2.17. The Kier molecular flexibility index (Phi) is 8.30. The van der Waals surface area contributed by atoms with Gasteiger partial charge in [0, 0.05) is 0 Å². The summed E-state index contributed by atoms with van der Waals surface area (Å²) in [6, 6.07) is 0. The molecule has 0 spiro atoms. The van der Waals surface area contributed by atoms with Crippen LogP contribution < -0.4 is 0 Å². The van der Waals surface area contributed by atoms with Gasteiger partial charge in [-0.1, -0.05) is 39.3 Å². The van der Waals surface area contributed by atoms with Crippen molar-refractivity contribution in [2.24, 2.45) is 5.92 Å². The van der Waals surface area contributed by atoms with Gasteiger partial charge in [-0.15, -0.1) is 0 Å². The van der Waals surface area contributed by atoms with Crippen LogP contribution in [-0.4, -0.2) is 12.6 Å². The minimum Gasteiger partial charge on any atom is -0.465 e. The lowest BCUT2D eigenvalue weighted by atomic mass is 10.1. The molecule has 0 aliphatic heterocycles. The number of unbranched alkanes of at least 4 members (excludes halogenated alkanes) is 1. The molecule has 0 rings (SSSR count). The second kappa shape index (κ2) is 8.79. The Morgan fingerprint density at radius 3 is 2.50 bits per heavy atom. The van der Waals surface area contributed by atoms with Gasteiger partial charge in [0.15, 0.2) is 0 Å². The first-order chi connectivity index (χ1) is 6.72. The van der Waals surface area contributed by atoms with Crippen LogP contribution in [0.2, 0.25) is 0 Å². The first-order valence-corrected chi connectivity index (χ1v) is 5.54. The quantitative estimate of drug-likeness (QED) is 0.356. The lowest BCUT2D eigenvalue weighted by Gasteiger charge is -2.07. The van der Waals surface area contributed by atoms with Crippen molar-refractivity contribution in [2.75, 3.05) is 6.61 Å². The SMILES string of the molecule is CCCC=CCCOC(=O)C(C)CC. The smallest absolute Gasteiger partial charge is 0.308 e. The predicted octanol–water partition coefficient (Wildman–Crippen LogP) is 3.32. The molecular formula is C12H22O2. The third kappa shape index (κ3) is 6.70. The summed E-state index contributed by atoms with van der Waals surface area (Å²) in [5.41, 5.74) is 0. The van der Waals surface area contributed by atoms with E-state index in [1.165, 1.54) is 6.42 Å². The molecule has 0 saturated carbocycles. The molecule has 0 N–H and O–H groups in total. The van der Waals surface area contributed by atoms with Crippen LogP contribution in [0.1, 0.15) is 46.5 Å². The molecule has 0 aromatic carbocycles. The van der Waals surface area contributed by atoms with Gasteiger partial charge >= 0.3 is 5.97 Å². The predicted molar refractivity (Wildman–Crippen MR) is 59.1 cm³/mol. The maximum atomic E-state index is 11.2. The number of hydrogen-bond donors (Lipinski definition) is 0. The number of allylic oxidation sites excluding steroid dienone is 1. The average molecular weight is 198 g/mol. The van der Waals surface area contributed by atoms with Gasteiger partial charge in [-0.2, -0.15) is 0 Å². The number of esters is 1. The summed E-state index contributed by atoms with van der Waals surface area (Å²) in [5, 5.41) is 0. The summed E-state index contributed by atoms with van der Waals surface area (Å²) in [6.07, 6.45) is 8.18. The van der Waals surface area contributed by atoms with Gasteiger partial charge in [-0.05, 0) is 19.3 Å². The van der Waals surface area contributed by atoms with Gasteiger partial charge in [0.2, 0.25) is 0 Å². The zero-order chi connectivity index (χ0) is 10.8. The van der Waals surface area contributed by atoms with Gasteiger partial charge in [-0.25, -0.2) is 0 Å². The Morgan fingerprint density at radius 2 is 1.93 bits per heavy atom. The third-order valence-corrected chi connectivity index (χ3v) is 2.17. The van der Waals surface area contributed by atoms with E-state index in [0.29, 0.717) is 6.61 Å². The fourth-order valence-corrected chi connectivity index (χ4v) is 0.939. The van der Waals surface area contributed by atoms with Gasteiger partial charge < -0.3 is 4.74 Å². The molecule has 0 aliphatic carbocycles. The summed E-state index contributed by atoms with van der Waals surface area (Å²) in [5.74, 6) is -0.0361. The molecule has 2 nitrogen and oxygen atoms in total. The number of carbonyl (C=O) groups is 1. The second-order valence-electron chi connectivity index (χ2n) is 3.53. The molecule has 0 saturated heterocycles. The molecule has 0 aromatic rings. The second-order valence-corrected chi connectivity index (χ2v) is 3.53. The Balaban J connectivity index is 3.40. The maximum absolute atomic E-state index is 11.2. The minimum absolute atomic E-state index is 0.0367. The Labute approximate surface area is 87.3 Å². The summed E-state index contributed by atoms with van der Waals surface area (Å²) >= 11 is 0. The zero-order valence-electron chi connectivity index (χ0n) is 9.58. The van der Waals surface area contributed by atoms with Gasteiger partial charge in [-0.3, -0.25) is 4.79 Å². The molecule has 0 radical (unpaired) electrons. The summed E-state index contributed by atoms with van der Waals surface area (Å²) in [7, 11) is 0. The molecule has 0 fully saturated rings. The maximum Gasteiger partial charge on any atom is 0.308 e. The van der Waals surface area contributed by atoms with Crippen molar-refractivity contribution in [3.8, 4) is 0 Å². The fourth-order valence-electron chi connectivity index (χ4n) is 0.939. The van der Waals surface area contributed by atoms with E-state index in [-0.39, 0.29) is 11.9 Å². The van der Waals surface area contributed by atoms with Crippen molar-refractivity contribution in [3.63, 3.8) is 0 Å². The van der Waals surface area contributed by atoms with Crippen molar-refractivity contribution in [1.29, 1.82) is 0 Å². The van der Waals surface area contributed by atoms with E-state index < -0.39 is 0 Å². The zero-order valence-corrected chi connectivity index (χ0v) is 9.58. The van der Waals surface area contributed by atoms with Crippen LogP contribution in [0.25, 0.3) is 0 Å². The van der Waals surface area contributed by atoms with E-state index in [0.717, 1.165) is 19.3 Å². The molecule has 82 valence electrons. The average Bonchev–Trinajstić information content (AvgIpc) is 2.21. The highest BCUT2D eigenvalue weighted by atomic mass is 16.5. The van der Waals surface area contributed by atoms with E-state index >= 15 is 0 Å². The van der Waals surface area contributed by atoms with Crippen molar-refractivity contribution < 1.29 is 9.53 Å². The van der Waals surface area contributed by atoms with Crippen molar-refractivity contribution in [3.05, 3.63) is 12.2 Å². The van der Waals surface area contributed by atoms with Crippen LogP contribution in [0.15, 0.2) is 12.2 Å². The van der Waals surface area contributed by atoms with E-state index in [1.807, 2.05) is 13.8 Å². The van der Waals surface area contributed by atoms with Gasteiger partial charge in [0.05, 0.1) is 12.5 Å². The van der Waals surface area contributed by atoms with E-state index in [4.69, 9.17) is 4.74 Å². The number of hydrogen-bond acceptors (Lipinski definition) is 2. The van der Waals surface area contributed by atoms with E-state index in [1.54, 1.807) is 0 Å². The highest BCUT2D eigenvalue weighted by molar-refractivity contribution is 5.71. The van der Waals surface area contributed by atoms with Crippen LogP contribution in [0.5, 0.6) is 0 Å². The Bertz CT molecular complexity index is 173. The molecule has 0 amide bonds. The molecule has 1 atom stereocenters. The van der Waals surface area contributed by atoms with Crippen LogP contribution in [-0.2, 0) is 9.53 Å². The number of ether oxygens (including phenoxy) is 1. The molecular weight excluding hydrogens is 176 g/mol. The summed E-state index contributed by atoms with van der Waals surface area (Å²) < 4.78 is 5.08. The van der Waals surface area contributed by atoms with Crippen LogP contribution in [0.3, 0.4) is 0 Å². The first-order valence-electron chi connectivity index (χ1n) is 5.54. The largest absolute Gasteiger partial charge is 0.465 e. The fraction of sp³-hybridized carbons (Fsp3) is 0.750. The van der Waals surface area contributed by atoms with Crippen LogP contribution in [0.4, 0.5) is 0 Å². The molecule has 0 aromatic heterocycles. The van der Waals surface area contributed by atoms with Crippen LogP contribution in [0, 0.1) is 5.92 Å². The summed E-state index contributed by atoms with van der Waals surface area (Å²) in [4.78, 5) is 11.2. The molecule has 0 bridgehead atoms. The molecule has 14 heavy (non-hydrogen) atoms. The highest BCUT2D eigenvalue weighted by Crippen LogP contribution is 2.03. The lowest BCUT2D eigenvalue weighted by Crippen LogP contribution is -2.14. The minimum atomic E-state index is -0.0728. The normalized spacial score (nSPS) is 13.1. The first kappa shape index (κ1) is 13.2. The van der Waals surface area contributed by atoms with Gasteiger partial charge in [0.25, 0.3) is 0 Å². The lowest BCUT2D eigenvalue weighted by molar-refractivity contribution is -0.147. The molecule has 0 aliphatic rings. The van der Waals surface area contributed by atoms with Crippen molar-refractivity contribution in [2.45, 2.75) is 46.5 Å². The van der Waals surface area contributed by atoms with Crippen molar-refractivity contribution >= 4 is 5.97 Å². The molecule has 1 unspecified atom stereocenters. The summed E-state index contributed by atoms with van der Waals surface area (Å²) in [6.45, 7) is 6.55. The van der Waals surface area contributed by atoms with Crippen molar-refractivity contribution in [1.82, 2.24) is 0 Å². The monoisotopic (exact) mass is 198 g/mol. The number of rotatable bonds is 7. The van der Waals surface area contributed by atoms with Gasteiger partial charge in [0.1, 0.15) is 0 Å². The Hall–Kier alpha value is -0.790. The molecule has 0 heterocycles. The topological polar surface area (TPSA) is 26.3 Å². The molecule has 2 heteroatoms.